The molecule has 3 heteroatoms. The minimum absolute atomic E-state index is 0.0671. The Morgan fingerprint density at radius 3 is 2.87 bits per heavy atom. The monoisotopic (exact) mass is 208 g/mol. The third kappa shape index (κ3) is 2.97. The van der Waals surface area contributed by atoms with Crippen LogP contribution >= 0.6 is 0 Å². The van der Waals surface area contributed by atoms with Crippen LogP contribution in [0.3, 0.4) is 0 Å². The van der Waals surface area contributed by atoms with E-state index in [-0.39, 0.29) is 11.9 Å². The van der Waals surface area contributed by atoms with Crippen LogP contribution in [-0.2, 0) is 4.79 Å². The second-order valence-electron chi connectivity index (χ2n) is 4.06. The first kappa shape index (κ1) is 12.1. The molecule has 0 bridgehead atoms. The molecule has 2 N–H and O–H groups in total. The molecule has 0 aromatic rings. The maximum Gasteiger partial charge on any atom is 0.298 e. The van der Waals surface area contributed by atoms with Crippen LogP contribution in [0.25, 0.3) is 0 Å². The number of hydrogen-bond acceptors (Lipinski definition) is 2. The van der Waals surface area contributed by atoms with Crippen LogP contribution in [-0.4, -0.2) is 29.9 Å². The van der Waals surface area contributed by atoms with Gasteiger partial charge in [0.2, 0.25) is 0 Å². The summed E-state index contributed by atoms with van der Waals surface area (Å²) < 4.78 is 0. The summed E-state index contributed by atoms with van der Waals surface area (Å²) >= 11 is 0. The molecule has 1 heterocycles. The fraction of sp³-hybridized carbons (Fsp3) is 0.750. The Morgan fingerprint density at radius 2 is 2.33 bits per heavy atom. The molecule has 2 unspecified atom stereocenters. The van der Waals surface area contributed by atoms with Crippen molar-refractivity contribution in [3.8, 4) is 11.8 Å². The van der Waals surface area contributed by atoms with Gasteiger partial charge in [-0.1, -0.05) is 19.3 Å². The number of carbonyl (C=O) groups is 1. The Kier molecular flexibility index (Phi) is 4.64. The summed E-state index contributed by atoms with van der Waals surface area (Å²) in [5.41, 5.74) is 5.70. The third-order valence-corrected chi connectivity index (χ3v) is 3.17. The lowest BCUT2D eigenvalue weighted by molar-refractivity contribution is -0.129. The highest BCUT2D eigenvalue weighted by Gasteiger charge is 2.28. The summed E-state index contributed by atoms with van der Waals surface area (Å²) in [5.74, 6) is 5.90. The van der Waals surface area contributed by atoms with Gasteiger partial charge in [0, 0.05) is 19.1 Å². The highest BCUT2D eigenvalue weighted by molar-refractivity contribution is 5.93. The summed E-state index contributed by atoms with van der Waals surface area (Å²) in [6, 6.07) is 0.192. The van der Waals surface area contributed by atoms with Crippen LogP contribution in [0.15, 0.2) is 0 Å². The van der Waals surface area contributed by atoms with E-state index in [1.54, 1.807) is 6.92 Å². The van der Waals surface area contributed by atoms with Crippen LogP contribution < -0.4 is 5.73 Å². The summed E-state index contributed by atoms with van der Waals surface area (Å²) in [4.78, 5) is 13.5. The predicted octanol–water partition coefficient (Wildman–Crippen LogP) is 0.986. The fourth-order valence-corrected chi connectivity index (χ4v) is 2.17. The van der Waals surface area contributed by atoms with Gasteiger partial charge in [-0.05, 0) is 31.6 Å². The van der Waals surface area contributed by atoms with Gasteiger partial charge in [-0.25, -0.2) is 0 Å². The van der Waals surface area contributed by atoms with Gasteiger partial charge in [0.15, 0.2) is 0 Å². The second kappa shape index (κ2) is 5.77. The van der Waals surface area contributed by atoms with Crippen molar-refractivity contribution in [1.82, 2.24) is 4.90 Å². The Bertz CT molecular complexity index is 277. The zero-order chi connectivity index (χ0) is 11.3. The van der Waals surface area contributed by atoms with E-state index in [2.05, 4.69) is 18.8 Å². The molecule has 1 aliphatic heterocycles. The number of rotatable bonds is 2. The van der Waals surface area contributed by atoms with Gasteiger partial charge >= 0.3 is 0 Å². The Hall–Kier alpha value is -1.01. The zero-order valence-corrected chi connectivity index (χ0v) is 9.62. The van der Waals surface area contributed by atoms with E-state index in [9.17, 15) is 4.79 Å². The molecule has 0 radical (unpaired) electrons. The van der Waals surface area contributed by atoms with Gasteiger partial charge in [-0.2, -0.15) is 0 Å². The molecule has 15 heavy (non-hydrogen) atoms. The van der Waals surface area contributed by atoms with Gasteiger partial charge in [0.25, 0.3) is 5.91 Å². The Morgan fingerprint density at radius 1 is 1.60 bits per heavy atom. The highest BCUT2D eigenvalue weighted by atomic mass is 16.2. The second-order valence-corrected chi connectivity index (χ2v) is 4.06. The van der Waals surface area contributed by atoms with Crippen molar-refractivity contribution < 1.29 is 4.79 Å². The number of nitrogens with zero attached hydrogens (tertiary/aromatic N) is 1. The summed E-state index contributed by atoms with van der Waals surface area (Å²) in [6.45, 7) is 5.25. The lowest BCUT2D eigenvalue weighted by Gasteiger charge is -2.37. The Labute approximate surface area is 92.0 Å². The average Bonchev–Trinajstić information content (AvgIpc) is 2.28. The van der Waals surface area contributed by atoms with Crippen molar-refractivity contribution in [3.63, 3.8) is 0 Å². The molecule has 0 aromatic carbocycles. The van der Waals surface area contributed by atoms with Gasteiger partial charge in [-0.15, -0.1) is 0 Å². The lowest BCUT2D eigenvalue weighted by atomic mass is 9.89. The summed E-state index contributed by atoms with van der Waals surface area (Å²) in [6.07, 6.45) is 3.30. The van der Waals surface area contributed by atoms with Crippen LogP contribution in [0.1, 0.15) is 33.1 Å². The van der Waals surface area contributed by atoms with E-state index < -0.39 is 0 Å². The molecule has 1 saturated heterocycles. The topological polar surface area (TPSA) is 46.3 Å². The largest absolute Gasteiger partial charge is 0.328 e. The van der Waals surface area contributed by atoms with Crippen molar-refractivity contribution >= 4 is 5.91 Å². The predicted molar refractivity (Wildman–Crippen MR) is 61.0 cm³/mol. The first-order valence-electron chi connectivity index (χ1n) is 5.66. The molecule has 0 saturated carbocycles. The van der Waals surface area contributed by atoms with Gasteiger partial charge in [-0.3, -0.25) is 4.79 Å². The van der Waals surface area contributed by atoms with Gasteiger partial charge in [0.1, 0.15) is 0 Å². The smallest absolute Gasteiger partial charge is 0.298 e. The van der Waals surface area contributed by atoms with E-state index >= 15 is 0 Å². The third-order valence-electron chi connectivity index (χ3n) is 3.17. The molecule has 1 fully saturated rings. The van der Waals surface area contributed by atoms with Crippen LogP contribution in [0.5, 0.6) is 0 Å². The number of amides is 1. The molecule has 0 spiro atoms. The molecular weight excluding hydrogens is 188 g/mol. The Balaban J connectivity index is 2.64. The first-order chi connectivity index (χ1) is 7.22. The van der Waals surface area contributed by atoms with Crippen molar-refractivity contribution in [2.45, 2.75) is 39.2 Å². The quantitative estimate of drug-likeness (QED) is 0.688. The van der Waals surface area contributed by atoms with Crippen molar-refractivity contribution in [2.24, 2.45) is 11.7 Å². The van der Waals surface area contributed by atoms with E-state index in [0.717, 1.165) is 25.3 Å². The first-order valence-corrected chi connectivity index (χ1v) is 5.66. The minimum Gasteiger partial charge on any atom is -0.328 e. The van der Waals surface area contributed by atoms with E-state index in [1.165, 1.54) is 6.42 Å². The van der Waals surface area contributed by atoms with Crippen molar-refractivity contribution in [1.29, 1.82) is 0 Å². The summed E-state index contributed by atoms with van der Waals surface area (Å²) in [5, 5.41) is 0. The van der Waals surface area contributed by atoms with Crippen LogP contribution in [0.2, 0.25) is 0 Å². The molecule has 1 aliphatic rings. The number of carbonyl (C=O) groups excluding carboxylic acids is 1. The SMILES string of the molecule is CC#CC(=O)N1CCC(CC)CC1CN. The minimum atomic E-state index is -0.0671. The van der Waals surface area contributed by atoms with Crippen LogP contribution in [0, 0.1) is 17.8 Å². The molecule has 84 valence electrons. The standard InChI is InChI=1S/C12H20N2O/c1-3-5-12(15)14-7-6-10(4-2)8-11(14)9-13/h10-11H,4,6-9,13H2,1-2H3. The molecule has 3 nitrogen and oxygen atoms in total. The average molecular weight is 208 g/mol. The van der Waals surface area contributed by atoms with E-state index in [4.69, 9.17) is 5.73 Å². The number of likely N-dealkylation sites (tertiary alicyclic amines) is 1. The number of nitrogens with two attached hydrogens (primary N) is 1. The fourth-order valence-electron chi connectivity index (χ4n) is 2.17. The van der Waals surface area contributed by atoms with Crippen LogP contribution in [0.4, 0.5) is 0 Å². The van der Waals surface area contributed by atoms with Crippen molar-refractivity contribution in [2.75, 3.05) is 13.1 Å². The van der Waals surface area contributed by atoms with Gasteiger partial charge in [0.05, 0.1) is 0 Å². The lowest BCUT2D eigenvalue weighted by Crippen LogP contribution is -2.49. The maximum atomic E-state index is 11.7. The van der Waals surface area contributed by atoms with Gasteiger partial charge < -0.3 is 10.6 Å². The molecule has 1 rings (SSSR count). The molecular formula is C12H20N2O. The van der Waals surface area contributed by atoms with E-state index in [0.29, 0.717) is 6.54 Å². The molecule has 0 aromatic heterocycles. The normalized spacial score (nSPS) is 25.7. The zero-order valence-electron chi connectivity index (χ0n) is 9.62. The van der Waals surface area contributed by atoms with Crippen molar-refractivity contribution in [3.05, 3.63) is 0 Å². The molecule has 0 aliphatic carbocycles. The maximum absolute atomic E-state index is 11.7. The molecule has 1 amide bonds. The van der Waals surface area contributed by atoms with E-state index in [1.807, 2.05) is 4.90 Å². The molecule has 2 atom stereocenters. The number of piperidine rings is 1. The summed E-state index contributed by atoms with van der Waals surface area (Å²) in [7, 11) is 0. The number of hydrogen-bond donors (Lipinski definition) is 1. The highest BCUT2D eigenvalue weighted by Crippen LogP contribution is 2.24.